The van der Waals surface area contributed by atoms with E-state index < -0.39 is 0 Å². The number of hydrogen-bond donors (Lipinski definition) is 0. The first kappa shape index (κ1) is 8.76. The second kappa shape index (κ2) is 5.34. The average molecular weight is 153 g/mol. The van der Waals surface area contributed by atoms with Crippen molar-refractivity contribution in [3.8, 4) is 0 Å². The van der Waals surface area contributed by atoms with Gasteiger partial charge in [-0.3, -0.25) is 0 Å². The van der Waals surface area contributed by atoms with Gasteiger partial charge in [0.25, 0.3) is 0 Å². The van der Waals surface area contributed by atoms with Crippen molar-refractivity contribution >= 4 is 6.29 Å². The molecule has 0 N–H and O–H groups in total. The topological polar surface area (TPSA) is 17.1 Å². The van der Waals surface area contributed by atoms with Gasteiger partial charge >= 0.3 is 0 Å². The van der Waals surface area contributed by atoms with Gasteiger partial charge in [0, 0.05) is 6.42 Å². The molecular formula is C10H17O. The summed E-state index contributed by atoms with van der Waals surface area (Å²) in [5.74, 6) is 1.71. The molecule has 1 radical (unpaired) electrons. The van der Waals surface area contributed by atoms with E-state index in [2.05, 4.69) is 0 Å². The summed E-state index contributed by atoms with van der Waals surface area (Å²) >= 11 is 0. The van der Waals surface area contributed by atoms with Gasteiger partial charge in [-0.15, -0.1) is 0 Å². The Morgan fingerprint density at radius 2 is 1.91 bits per heavy atom. The Morgan fingerprint density at radius 1 is 1.18 bits per heavy atom. The van der Waals surface area contributed by atoms with Crippen LogP contribution in [0.2, 0.25) is 0 Å². The summed E-state index contributed by atoms with van der Waals surface area (Å²) < 4.78 is 0. The van der Waals surface area contributed by atoms with Crippen LogP contribution in [0, 0.1) is 5.92 Å². The van der Waals surface area contributed by atoms with E-state index in [-0.39, 0.29) is 0 Å². The predicted molar refractivity (Wildman–Crippen MR) is 46.2 cm³/mol. The van der Waals surface area contributed by atoms with E-state index >= 15 is 0 Å². The standard InChI is InChI=1S/C10H17O/c11-9-5-4-8-10-6-2-1-3-7-10/h9H,1-8H2. The highest BCUT2D eigenvalue weighted by atomic mass is 16.1. The first-order chi connectivity index (χ1) is 5.43. The molecule has 1 fully saturated rings. The summed E-state index contributed by atoms with van der Waals surface area (Å²) in [6.07, 6.45) is 10.9. The smallest absolute Gasteiger partial charge is 0.119 e. The Kier molecular flexibility index (Phi) is 4.25. The Hall–Kier alpha value is -0.330. The van der Waals surface area contributed by atoms with Crippen LogP contribution in [0.4, 0.5) is 0 Å². The second-order valence-corrected chi connectivity index (χ2v) is 3.37. The summed E-state index contributed by atoms with van der Waals surface area (Å²) in [6.45, 7) is 0. The molecule has 0 unspecified atom stereocenters. The van der Waals surface area contributed by atoms with Crippen molar-refractivity contribution < 1.29 is 4.79 Å². The minimum absolute atomic E-state index is 0.753. The lowest BCUT2D eigenvalue weighted by molar-refractivity contribution is -0.107. The normalized spacial score (nSPS) is 20.0. The van der Waals surface area contributed by atoms with E-state index in [0.717, 1.165) is 19.1 Å². The van der Waals surface area contributed by atoms with Crippen molar-refractivity contribution in [2.45, 2.75) is 51.4 Å². The molecule has 63 valence electrons. The van der Waals surface area contributed by atoms with Crippen molar-refractivity contribution in [2.24, 2.45) is 0 Å². The van der Waals surface area contributed by atoms with Crippen LogP contribution >= 0.6 is 0 Å². The van der Waals surface area contributed by atoms with Crippen molar-refractivity contribution in [1.29, 1.82) is 0 Å². The minimum atomic E-state index is 0.753. The van der Waals surface area contributed by atoms with E-state index in [0.29, 0.717) is 0 Å². The van der Waals surface area contributed by atoms with Crippen LogP contribution in [-0.4, -0.2) is 6.29 Å². The molecule has 0 spiro atoms. The zero-order chi connectivity index (χ0) is 7.94. The molecule has 1 heteroatoms. The number of unbranched alkanes of at least 4 members (excludes halogenated alkanes) is 1. The van der Waals surface area contributed by atoms with Gasteiger partial charge in [-0.1, -0.05) is 19.3 Å². The lowest BCUT2D eigenvalue weighted by atomic mass is 9.86. The fourth-order valence-electron chi connectivity index (χ4n) is 1.74. The van der Waals surface area contributed by atoms with Crippen molar-refractivity contribution in [3.05, 3.63) is 5.92 Å². The number of carbonyl (C=O) groups is 1. The third kappa shape index (κ3) is 3.54. The van der Waals surface area contributed by atoms with Crippen LogP contribution in [-0.2, 0) is 4.79 Å². The third-order valence-corrected chi connectivity index (χ3v) is 2.41. The number of aldehydes is 1. The van der Waals surface area contributed by atoms with Crippen molar-refractivity contribution in [1.82, 2.24) is 0 Å². The van der Waals surface area contributed by atoms with E-state index in [1.165, 1.54) is 38.5 Å². The second-order valence-electron chi connectivity index (χ2n) is 3.37. The monoisotopic (exact) mass is 153 g/mol. The maximum atomic E-state index is 10.0. The number of carbonyl (C=O) groups excluding carboxylic acids is 1. The highest BCUT2D eigenvalue weighted by molar-refractivity contribution is 5.49. The molecule has 0 heterocycles. The van der Waals surface area contributed by atoms with Gasteiger partial charge in [-0.25, -0.2) is 0 Å². The maximum absolute atomic E-state index is 10.0. The molecule has 0 aliphatic heterocycles. The SMILES string of the molecule is O=CCCC[C]1CCCCC1. The third-order valence-electron chi connectivity index (χ3n) is 2.41. The summed E-state index contributed by atoms with van der Waals surface area (Å²) in [7, 11) is 0. The van der Waals surface area contributed by atoms with E-state index in [1.54, 1.807) is 5.92 Å². The van der Waals surface area contributed by atoms with Crippen LogP contribution in [0.25, 0.3) is 0 Å². The fraction of sp³-hybridized carbons (Fsp3) is 0.800. The predicted octanol–water partition coefficient (Wildman–Crippen LogP) is 2.89. The molecule has 1 saturated carbocycles. The number of rotatable bonds is 4. The Labute approximate surface area is 69.2 Å². The molecule has 1 aliphatic rings. The lowest BCUT2D eigenvalue weighted by Gasteiger charge is -2.20. The van der Waals surface area contributed by atoms with Crippen molar-refractivity contribution in [3.63, 3.8) is 0 Å². The zero-order valence-corrected chi connectivity index (χ0v) is 7.14. The van der Waals surface area contributed by atoms with Gasteiger partial charge in [0.15, 0.2) is 0 Å². The molecule has 0 saturated heterocycles. The molecule has 11 heavy (non-hydrogen) atoms. The molecule has 0 aromatic heterocycles. The minimum Gasteiger partial charge on any atom is -0.303 e. The van der Waals surface area contributed by atoms with Gasteiger partial charge in [0.2, 0.25) is 0 Å². The first-order valence-electron chi connectivity index (χ1n) is 4.70. The van der Waals surface area contributed by atoms with Crippen molar-refractivity contribution in [2.75, 3.05) is 0 Å². The first-order valence-corrected chi connectivity index (χ1v) is 4.70. The Morgan fingerprint density at radius 3 is 2.55 bits per heavy atom. The van der Waals surface area contributed by atoms with Gasteiger partial charge in [-0.05, 0) is 31.6 Å². The maximum Gasteiger partial charge on any atom is 0.119 e. The molecule has 0 amide bonds. The van der Waals surface area contributed by atoms with Crippen LogP contribution in [0.3, 0.4) is 0 Å². The molecule has 0 aromatic rings. The van der Waals surface area contributed by atoms with Gasteiger partial charge in [0.1, 0.15) is 6.29 Å². The van der Waals surface area contributed by atoms with Crippen LogP contribution < -0.4 is 0 Å². The fourth-order valence-corrected chi connectivity index (χ4v) is 1.74. The van der Waals surface area contributed by atoms with Gasteiger partial charge < -0.3 is 4.79 Å². The molecule has 0 aromatic carbocycles. The van der Waals surface area contributed by atoms with Crippen LogP contribution in [0.15, 0.2) is 0 Å². The average Bonchev–Trinajstić information content (AvgIpc) is 2.07. The molecule has 1 aliphatic carbocycles. The zero-order valence-electron chi connectivity index (χ0n) is 7.14. The highest BCUT2D eigenvalue weighted by Gasteiger charge is 2.12. The van der Waals surface area contributed by atoms with Gasteiger partial charge in [-0.2, -0.15) is 0 Å². The quantitative estimate of drug-likeness (QED) is 0.448. The molecule has 0 atom stereocenters. The molecule has 1 rings (SSSR count). The Bertz CT molecular complexity index is 103. The van der Waals surface area contributed by atoms with E-state index in [1.807, 2.05) is 0 Å². The number of hydrogen-bond acceptors (Lipinski definition) is 1. The molecule has 0 bridgehead atoms. The summed E-state index contributed by atoms with van der Waals surface area (Å²) in [5, 5.41) is 0. The summed E-state index contributed by atoms with van der Waals surface area (Å²) in [5.41, 5.74) is 0. The highest BCUT2D eigenvalue weighted by Crippen LogP contribution is 2.29. The summed E-state index contributed by atoms with van der Waals surface area (Å²) in [6, 6.07) is 0. The van der Waals surface area contributed by atoms with E-state index in [4.69, 9.17) is 0 Å². The lowest BCUT2D eigenvalue weighted by Crippen LogP contribution is -2.03. The summed E-state index contributed by atoms with van der Waals surface area (Å²) in [4.78, 5) is 10.0. The largest absolute Gasteiger partial charge is 0.303 e. The van der Waals surface area contributed by atoms with Crippen LogP contribution in [0.5, 0.6) is 0 Å². The van der Waals surface area contributed by atoms with Crippen LogP contribution in [0.1, 0.15) is 51.4 Å². The Balaban J connectivity index is 2.00. The van der Waals surface area contributed by atoms with Gasteiger partial charge in [0.05, 0.1) is 0 Å². The van der Waals surface area contributed by atoms with E-state index in [9.17, 15) is 4.79 Å². The molecule has 1 nitrogen and oxygen atoms in total. The molecular weight excluding hydrogens is 136 g/mol.